The smallest absolute Gasteiger partial charge is 0.153 e. The van der Waals surface area contributed by atoms with Crippen molar-refractivity contribution in [2.45, 2.75) is 51.4 Å². The average Bonchev–Trinajstić information content (AvgIpc) is 2.99. The highest BCUT2D eigenvalue weighted by Crippen LogP contribution is 2.37. The summed E-state index contributed by atoms with van der Waals surface area (Å²) in [5, 5.41) is 7.35. The van der Waals surface area contributed by atoms with Gasteiger partial charge in [0.25, 0.3) is 0 Å². The van der Waals surface area contributed by atoms with Crippen molar-refractivity contribution in [1.82, 2.24) is 20.1 Å². The Morgan fingerprint density at radius 1 is 1.29 bits per heavy atom. The van der Waals surface area contributed by atoms with Crippen LogP contribution in [0.3, 0.4) is 0 Å². The van der Waals surface area contributed by atoms with Crippen molar-refractivity contribution >= 4 is 0 Å². The van der Waals surface area contributed by atoms with Gasteiger partial charge in [-0.3, -0.25) is 10.00 Å². The summed E-state index contributed by atoms with van der Waals surface area (Å²) in [6, 6.07) is 0. The van der Waals surface area contributed by atoms with Crippen LogP contribution in [0.1, 0.15) is 44.3 Å². The second-order valence-corrected chi connectivity index (χ2v) is 5.37. The zero-order chi connectivity index (χ0) is 11.8. The van der Waals surface area contributed by atoms with E-state index in [2.05, 4.69) is 33.9 Å². The number of nitrogens with zero attached hydrogens (tertiary/aromatic N) is 3. The Morgan fingerprint density at radius 2 is 2.00 bits per heavy atom. The molecule has 2 fully saturated rings. The van der Waals surface area contributed by atoms with Crippen molar-refractivity contribution in [2.24, 2.45) is 0 Å². The zero-order valence-electron chi connectivity index (χ0n) is 10.5. The van der Waals surface area contributed by atoms with E-state index >= 15 is 0 Å². The van der Waals surface area contributed by atoms with Crippen LogP contribution in [-0.4, -0.2) is 45.4 Å². The summed E-state index contributed by atoms with van der Waals surface area (Å²) in [7, 11) is 0. The van der Waals surface area contributed by atoms with E-state index in [0.29, 0.717) is 18.1 Å². The molecule has 0 spiro atoms. The minimum Gasteiger partial charge on any atom is -0.373 e. The molecule has 0 aromatic carbocycles. The number of hydrogen-bond acceptors (Lipinski definition) is 4. The summed E-state index contributed by atoms with van der Waals surface area (Å²) in [6.07, 6.45) is 3.13. The molecule has 2 unspecified atom stereocenters. The van der Waals surface area contributed by atoms with Crippen LogP contribution in [0.25, 0.3) is 0 Å². The largest absolute Gasteiger partial charge is 0.373 e. The summed E-state index contributed by atoms with van der Waals surface area (Å²) in [5.74, 6) is 2.63. The topological polar surface area (TPSA) is 54.0 Å². The standard InChI is InChI=1S/C12H20N4O/c1-8-5-16(6-9(2)17-8)7-11-13-12(15-14-11)10-3-4-10/h8-10H,3-7H2,1-2H3,(H,13,14,15). The maximum Gasteiger partial charge on any atom is 0.153 e. The molecular formula is C12H20N4O. The molecule has 2 aliphatic rings. The van der Waals surface area contributed by atoms with Crippen LogP contribution in [0, 0.1) is 0 Å². The molecule has 1 aliphatic carbocycles. The normalized spacial score (nSPS) is 30.7. The lowest BCUT2D eigenvalue weighted by Gasteiger charge is -2.34. The predicted octanol–water partition coefficient (Wildman–Crippen LogP) is 1.29. The monoisotopic (exact) mass is 236 g/mol. The molecule has 1 aromatic heterocycles. The second-order valence-electron chi connectivity index (χ2n) is 5.37. The Labute approximate surface area is 102 Å². The number of nitrogens with one attached hydrogen (secondary N) is 1. The Balaban J connectivity index is 1.60. The third-order valence-electron chi connectivity index (χ3n) is 3.36. The van der Waals surface area contributed by atoms with Gasteiger partial charge in [0, 0.05) is 19.0 Å². The molecule has 2 atom stereocenters. The van der Waals surface area contributed by atoms with Gasteiger partial charge < -0.3 is 4.74 Å². The van der Waals surface area contributed by atoms with Crippen LogP contribution in [0.5, 0.6) is 0 Å². The van der Waals surface area contributed by atoms with Crippen LogP contribution < -0.4 is 0 Å². The maximum absolute atomic E-state index is 5.72. The van der Waals surface area contributed by atoms with E-state index in [1.165, 1.54) is 12.8 Å². The molecule has 1 aliphatic heterocycles. The van der Waals surface area contributed by atoms with E-state index in [1.807, 2.05) is 0 Å². The Morgan fingerprint density at radius 3 is 2.65 bits per heavy atom. The van der Waals surface area contributed by atoms with Gasteiger partial charge in [-0.05, 0) is 26.7 Å². The molecule has 1 saturated heterocycles. The van der Waals surface area contributed by atoms with Gasteiger partial charge in [0.15, 0.2) is 5.82 Å². The number of aromatic nitrogens is 3. The van der Waals surface area contributed by atoms with Crippen LogP contribution in [0.4, 0.5) is 0 Å². The molecule has 0 bridgehead atoms. The Hall–Kier alpha value is -0.940. The van der Waals surface area contributed by atoms with Crippen LogP contribution in [-0.2, 0) is 11.3 Å². The third-order valence-corrected chi connectivity index (χ3v) is 3.36. The van der Waals surface area contributed by atoms with Crippen molar-refractivity contribution in [3.8, 4) is 0 Å². The van der Waals surface area contributed by atoms with Gasteiger partial charge in [-0.25, -0.2) is 4.98 Å². The number of hydrogen-bond donors (Lipinski definition) is 1. The lowest BCUT2D eigenvalue weighted by molar-refractivity contribution is -0.0710. The van der Waals surface area contributed by atoms with Gasteiger partial charge >= 0.3 is 0 Å². The van der Waals surface area contributed by atoms with Gasteiger partial charge in [0.1, 0.15) is 5.82 Å². The molecule has 1 saturated carbocycles. The summed E-state index contributed by atoms with van der Waals surface area (Å²) >= 11 is 0. The van der Waals surface area contributed by atoms with Crippen LogP contribution in [0.2, 0.25) is 0 Å². The lowest BCUT2D eigenvalue weighted by Crippen LogP contribution is -2.45. The third kappa shape index (κ3) is 2.66. The van der Waals surface area contributed by atoms with Crippen LogP contribution >= 0.6 is 0 Å². The average molecular weight is 236 g/mol. The van der Waals surface area contributed by atoms with Crippen LogP contribution in [0.15, 0.2) is 0 Å². The van der Waals surface area contributed by atoms with Gasteiger partial charge in [-0.1, -0.05) is 0 Å². The van der Waals surface area contributed by atoms with Crippen molar-refractivity contribution in [3.05, 3.63) is 11.6 Å². The van der Waals surface area contributed by atoms with E-state index in [1.54, 1.807) is 0 Å². The highest BCUT2D eigenvalue weighted by atomic mass is 16.5. The molecule has 17 heavy (non-hydrogen) atoms. The quantitative estimate of drug-likeness (QED) is 0.859. The van der Waals surface area contributed by atoms with Crippen molar-refractivity contribution < 1.29 is 4.74 Å². The summed E-state index contributed by atoms with van der Waals surface area (Å²) in [6.45, 7) is 7.06. The Kier molecular flexibility index (Phi) is 2.88. The minimum absolute atomic E-state index is 0.310. The van der Waals surface area contributed by atoms with Gasteiger partial charge in [0.05, 0.1) is 18.8 Å². The number of rotatable bonds is 3. The van der Waals surface area contributed by atoms with E-state index in [9.17, 15) is 0 Å². The molecule has 3 rings (SSSR count). The van der Waals surface area contributed by atoms with E-state index in [-0.39, 0.29) is 0 Å². The molecule has 1 aromatic rings. The van der Waals surface area contributed by atoms with E-state index in [0.717, 1.165) is 31.3 Å². The predicted molar refractivity (Wildman–Crippen MR) is 63.6 cm³/mol. The first-order valence-corrected chi connectivity index (χ1v) is 6.49. The van der Waals surface area contributed by atoms with E-state index in [4.69, 9.17) is 4.74 Å². The van der Waals surface area contributed by atoms with E-state index < -0.39 is 0 Å². The maximum atomic E-state index is 5.72. The fraction of sp³-hybridized carbons (Fsp3) is 0.833. The van der Waals surface area contributed by atoms with Crippen molar-refractivity contribution in [3.63, 3.8) is 0 Å². The molecular weight excluding hydrogens is 216 g/mol. The van der Waals surface area contributed by atoms with Gasteiger partial charge in [-0.15, -0.1) is 0 Å². The highest BCUT2D eigenvalue weighted by Gasteiger charge is 2.28. The fourth-order valence-electron chi connectivity index (χ4n) is 2.53. The Bertz CT molecular complexity index is 378. The SMILES string of the molecule is CC1CN(Cc2nc(C3CC3)n[nH]2)CC(C)O1. The highest BCUT2D eigenvalue weighted by molar-refractivity contribution is 5.05. The zero-order valence-corrected chi connectivity index (χ0v) is 10.5. The first-order valence-electron chi connectivity index (χ1n) is 6.49. The lowest BCUT2D eigenvalue weighted by atomic mass is 10.2. The number of morpholine rings is 1. The molecule has 1 N–H and O–H groups in total. The van der Waals surface area contributed by atoms with Gasteiger partial charge in [0.2, 0.25) is 0 Å². The molecule has 0 amide bonds. The first kappa shape index (κ1) is 11.2. The molecule has 5 nitrogen and oxygen atoms in total. The number of ether oxygens (including phenoxy) is 1. The number of aromatic amines is 1. The summed E-state index contributed by atoms with van der Waals surface area (Å²) in [5.41, 5.74) is 0. The fourth-order valence-corrected chi connectivity index (χ4v) is 2.53. The second kappa shape index (κ2) is 4.38. The van der Waals surface area contributed by atoms with Gasteiger partial charge in [-0.2, -0.15) is 5.10 Å². The number of H-pyrrole nitrogens is 1. The molecule has 2 heterocycles. The molecule has 0 radical (unpaired) electrons. The summed E-state index contributed by atoms with van der Waals surface area (Å²) in [4.78, 5) is 6.95. The molecule has 5 heteroatoms. The molecule has 94 valence electrons. The first-order chi connectivity index (χ1) is 8.20. The minimum atomic E-state index is 0.310. The van der Waals surface area contributed by atoms with Crippen molar-refractivity contribution in [2.75, 3.05) is 13.1 Å². The summed E-state index contributed by atoms with van der Waals surface area (Å²) < 4.78 is 5.72. The van der Waals surface area contributed by atoms with Crippen molar-refractivity contribution in [1.29, 1.82) is 0 Å².